The molecule has 1 saturated heterocycles. The van der Waals surface area contributed by atoms with Gasteiger partial charge in [0.15, 0.2) is 5.78 Å². The van der Waals surface area contributed by atoms with E-state index in [4.69, 9.17) is 0 Å². The van der Waals surface area contributed by atoms with Crippen LogP contribution in [0.15, 0.2) is 0 Å². The van der Waals surface area contributed by atoms with Crippen molar-refractivity contribution in [2.24, 2.45) is 11.3 Å². The highest BCUT2D eigenvalue weighted by atomic mass is 16.1. The van der Waals surface area contributed by atoms with Crippen LogP contribution in [0.1, 0.15) is 34.1 Å². The maximum atomic E-state index is 11.8. The summed E-state index contributed by atoms with van der Waals surface area (Å²) in [6.07, 6.45) is 0.596. The van der Waals surface area contributed by atoms with Gasteiger partial charge in [0.1, 0.15) is 5.78 Å². The fraction of sp³-hybridized carbons (Fsp3) is 0.833. The lowest BCUT2D eigenvalue weighted by molar-refractivity contribution is -0.131. The van der Waals surface area contributed by atoms with Gasteiger partial charge in [0.05, 0.1) is 6.54 Å². The fourth-order valence-electron chi connectivity index (χ4n) is 1.68. The van der Waals surface area contributed by atoms with Gasteiger partial charge in [0.2, 0.25) is 0 Å². The zero-order valence-electron chi connectivity index (χ0n) is 10.2. The molecule has 1 aliphatic heterocycles. The topological polar surface area (TPSA) is 37.4 Å². The van der Waals surface area contributed by atoms with Crippen LogP contribution in [0.2, 0.25) is 0 Å². The van der Waals surface area contributed by atoms with Gasteiger partial charge in [-0.2, -0.15) is 0 Å². The number of hydrogen-bond acceptors (Lipinski definition) is 3. The minimum absolute atomic E-state index is 0.0894. The second-order valence-corrected chi connectivity index (χ2v) is 5.53. The van der Waals surface area contributed by atoms with Gasteiger partial charge in [0.25, 0.3) is 0 Å². The highest BCUT2D eigenvalue weighted by Gasteiger charge is 2.28. The summed E-state index contributed by atoms with van der Waals surface area (Å²) in [7, 11) is 0. The standard InChI is InChI=1S/C12H21NO2/c1-9-7-13(6-5-10(9)14)8-11(15)12(2,3)4/h9H,5-8H2,1-4H3. The Hall–Kier alpha value is -0.700. The lowest BCUT2D eigenvalue weighted by atomic mass is 9.89. The summed E-state index contributed by atoms with van der Waals surface area (Å²) in [4.78, 5) is 25.2. The maximum Gasteiger partial charge on any atom is 0.152 e. The molecule has 3 nitrogen and oxygen atoms in total. The van der Waals surface area contributed by atoms with Crippen molar-refractivity contribution in [3.8, 4) is 0 Å². The number of Topliss-reactive ketones (excluding diaryl/α,β-unsaturated/α-hetero) is 2. The molecule has 1 rings (SSSR count). The van der Waals surface area contributed by atoms with E-state index in [-0.39, 0.29) is 17.1 Å². The van der Waals surface area contributed by atoms with Crippen molar-refractivity contribution in [3.63, 3.8) is 0 Å². The Kier molecular flexibility index (Phi) is 3.66. The van der Waals surface area contributed by atoms with Crippen molar-refractivity contribution >= 4 is 11.6 Å². The highest BCUT2D eigenvalue weighted by molar-refractivity contribution is 5.86. The van der Waals surface area contributed by atoms with E-state index in [9.17, 15) is 9.59 Å². The van der Waals surface area contributed by atoms with Gasteiger partial charge >= 0.3 is 0 Å². The van der Waals surface area contributed by atoms with Crippen molar-refractivity contribution in [1.29, 1.82) is 0 Å². The molecular formula is C12H21NO2. The molecular weight excluding hydrogens is 190 g/mol. The molecule has 0 aliphatic carbocycles. The SMILES string of the molecule is CC1CN(CC(=O)C(C)(C)C)CCC1=O. The van der Waals surface area contributed by atoms with Crippen LogP contribution >= 0.6 is 0 Å². The van der Waals surface area contributed by atoms with E-state index in [2.05, 4.69) is 4.90 Å². The van der Waals surface area contributed by atoms with Crippen LogP contribution in [0.4, 0.5) is 0 Å². The number of piperidine rings is 1. The van der Waals surface area contributed by atoms with Crippen LogP contribution < -0.4 is 0 Å². The molecule has 1 atom stereocenters. The average Bonchev–Trinajstić information content (AvgIpc) is 2.10. The van der Waals surface area contributed by atoms with E-state index in [1.54, 1.807) is 0 Å². The Labute approximate surface area is 91.8 Å². The van der Waals surface area contributed by atoms with Crippen LogP contribution in [-0.4, -0.2) is 36.1 Å². The molecule has 86 valence electrons. The van der Waals surface area contributed by atoms with Gasteiger partial charge in [0, 0.05) is 30.8 Å². The van der Waals surface area contributed by atoms with E-state index in [0.29, 0.717) is 18.7 Å². The number of ketones is 2. The number of nitrogens with zero attached hydrogens (tertiary/aromatic N) is 1. The predicted molar refractivity (Wildman–Crippen MR) is 59.7 cm³/mol. The Morgan fingerprint density at radius 3 is 2.53 bits per heavy atom. The lowest BCUT2D eigenvalue weighted by Gasteiger charge is -2.31. The second-order valence-electron chi connectivity index (χ2n) is 5.53. The molecule has 0 N–H and O–H groups in total. The third-order valence-corrected chi connectivity index (χ3v) is 2.96. The number of carbonyl (C=O) groups excluding carboxylic acids is 2. The summed E-state index contributed by atoms with van der Waals surface area (Å²) in [5.74, 6) is 0.671. The van der Waals surface area contributed by atoms with Crippen molar-refractivity contribution < 1.29 is 9.59 Å². The zero-order valence-corrected chi connectivity index (χ0v) is 10.2. The summed E-state index contributed by atoms with van der Waals surface area (Å²) in [5.41, 5.74) is -0.273. The third-order valence-electron chi connectivity index (χ3n) is 2.96. The van der Waals surface area contributed by atoms with E-state index in [1.807, 2.05) is 27.7 Å². The molecule has 15 heavy (non-hydrogen) atoms. The van der Waals surface area contributed by atoms with Gasteiger partial charge in [-0.1, -0.05) is 27.7 Å². The predicted octanol–water partition coefficient (Wildman–Crippen LogP) is 1.51. The number of carbonyl (C=O) groups is 2. The van der Waals surface area contributed by atoms with Crippen LogP contribution in [0, 0.1) is 11.3 Å². The molecule has 0 amide bonds. The molecule has 0 aromatic rings. The minimum atomic E-state index is -0.273. The molecule has 3 heteroatoms. The number of rotatable bonds is 2. The molecule has 1 fully saturated rings. The lowest BCUT2D eigenvalue weighted by Crippen LogP contribution is -2.44. The summed E-state index contributed by atoms with van der Waals surface area (Å²) >= 11 is 0. The van der Waals surface area contributed by atoms with Gasteiger partial charge in [-0.05, 0) is 0 Å². The van der Waals surface area contributed by atoms with E-state index < -0.39 is 0 Å². The molecule has 0 saturated carbocycles. The Balaban J connectivity index is 2.47. The molecule has 1 aliphatic rings. The first kappa shape index (κ1) is 12.4. The van der Waals surface area contributed by atoms with E-state index in [1.165, 1.54) is 0 Å². The normalized spacial score (nSPS) is 24.3. The Morgan fingerprint density at radius 2 is 2.07 bits per heavy atom. The van der Waals surface area contributed by atoms with Crippen LogP contribution in [-0.2, 0) is 9.59 Å². The molecule has 0 radical (unpaired) electrons. The van der Waals surface area contributed by atoms with Crippen LogP contribution in [0.25, 0.3) is 0 Å². The summed E-state index contributed by atoms with van der Waals surface area (Å²) in [6.45, 7) is 9.72. The monoisotopic (exact) mass is 211 g/mol. The molecule has 0 spiro atoms. The van der Waals surface area contributed by atoms with Crippen molar-refractivity contribution in [2.45, 2.75) is 34.1 Å². The highest BCUT2D eigenvalue weighted by Crippen LogP contribution is 2.18. The molecule has 0 aromatic heterocycles. The molecule has 0 aromatic carbocycles. The van der Waals surface area contributed by atoms with Gasteiger partial charge in [-0.3, -0.25) is 14.5 Å². The van der Waals surface area contributed by atoms with Crippen molar-refractivity contribution in [2.75, 3.05) is 19.6 Å². The smallest absolute Gasteiger partial charge is 0.152 e. The van der Waals surface area contributed by atoms with Crippen LogP contribution in [0.5, 0.6) is 0 Å². The van der Waals surface area contributed by atoms with Gasteiger partial charge in [-0.15, -0.1) is 0 Å². The first-order valence-electron chi connectivity index (χ1n) is 5.59. The zero-order chi connectivity index (χ0) is 11.6. The fourth-order valence-corrected chi connectivity index (χ4v) is 1.68. The molecule has 0 bridgehead atoms. The largest absolute Gasteiger partial charge is 0.299 e. The van der Waals surface area contributed by atoms with E-state index in [0.717, 1.165) is 13.1 Å². The third kappa shape index (κ3) is 3.42. The Morgan fingerprint density at radius 1 is 1.47 bits per heavy atom. The average molecular weight is 211 g/mol. The summed E-state index contributed by atoms with van der Waals surface area (Å²) in [6, 6.07) is 0. The van der Waals surface area contributed by atoms with Gasteiger partial charge < -0.3 is 0 Å². The number of likely N-dealkylation sites (tertiary alicyclic amines) is 1. The Bertz CT molecular complexity index is 265. The van der Waals surface area contributed by atoms with Crippen molar-refractivity contribution in [3.05, 3.63) is 0 Å². The first-order valence-corrected chi connectivity index (χ1v) is 5.59. The quantitative estimate of drug-likeness (QED) is 0.695. The first-order chi connectivity index (χ1) is 6.80. The minimum Gasteiger partial charge on any atom is -0.299 e. The summed E-state index contributed by atoms with van der Waals surface area (Å²) in [5, 5.41) is 0. The van der Waals surface area contributed by atoms with E-state index >= 15 is 0 Å². The molecule has 1 heterocycles. The second kappa shape index (κ2) is 4.44. The van der Waals surface area contributed by atoms with Gasteiger partial charge in [-0.25, -0.2) is 0 Å². The summed E-state index contributed by atoms with van der Waals surface area (Å²) < 4.78 is 0. The maximum absolute atomic E-state index is 11.8. The number of hydrogen-bond donors (Lipinski definition) is 0. The van der Waals surface area contributed by atoms with Crippen LogP contribution in [0.3, 0.4) is 0 Å². The van der Waals surface area contributed by atoms with Crippen molar-refractivity contribution in [1.82, 2.24) is 4.90 Å². The molecule has 1 unspecified atom stereocenters.